The van der Waals surface area contributed by atoms with E-state index in [1.165, 1.54) is 0 Å². The summed E-state index contributed by atoms with van der Waals surface area (Å²) in [4.78, 5) is 22.6. The number of amides is 1. The summed E-state index contributed by atoms with van der Waals surface area (Å²) in [6.45, 7) is 3.86. The van der Waals surface area contributed by atoms with Crippen molar-refractivity contribution in [3.05, 3.63) is 24.3 Å². The second kappa shape index (κ2) is 7.16. The van der Waals surface area contributed by atoms with Crippen LogP contribution in [0.3, 0.4) is 0 Å². The zero-order valence-corrected chi connectivity index (χ0v) is 12.0. The molecule has 0 unspecified atom stereocenters. The second-order valence-corrected chi connectivity index (χ2v) is 4.65. The van der Waals surface area contributed by atoms with Crippen LogP contribution in [-0.4, -0.2) is 23.1 Å². The van der Waals surface area contributed by atoms with E-state index in [2.05, 4.69) is 21.2 Å². The van der Waals surface area contributed by atoms with Crippen molar-refractivity contribution in [2.45, 2.75) is 26.4 Å². The lowest BCUT2D eigenvalue weighted by atomic mass is 10.2. The molecular formula is C13H16BrNO3. The molecule has 0 bridgehead atoms. The van der Waals surface area contributed by atoms with E-state index in [1.807, 2.05) is 19.9 Å². The number of ketones is 1. The molecule has 4 nitrogen and oxygen atoms in total. The summed E-state index contributed by atoms with van der Waals surface area (Å²) < 4.78 is 5.51. The third-order valence-electron chi connectivity index (χ3n) is 2.00. The molecule has 0 heterocycles. The molecule has 1 rings (SSSR count). The molecule has 5 heteroatoms. The van der Waals surface area contributed by atoms with Crippen LogP contribution in [0.15, 0.2) is 24.3 Å². The number of benzene rings is 1. The number of alkyl halides is 1. The van der Waals surface area contributed by atoms with Crippen LogP contribution in [0.5, 0.6) is 5.75 Å². The molecule has 18 heavy (non-hydrogen) atoms. The molecule has 1 aromatic carbocycles. The van der Waals surface area contributed by atoms with Crippen molar-refractivity contribution in [2.24, 2.45) is 0 Å². The Morgan fingerprint density at radius 3 is 2.72 bits per heavy atom. The normalized spacial score (nSPS) is 10.2. The van der Waals surface area contributed by atoms with Crippen LogP contribution in [0, 0.1) is 0 Å². The highest BCUT2D eigenvalue weighted by Gasteiger charge is 2.08. The minimum absolute atomic E-state index is 0.0749. The first-order valence-corrected chi connectivity index (χ1v) is 6.77. The van der Waals surface area contributed by atoms with Gasteiger partial charge in [-0.25, -0.2) is 0 Å². The van der Waals surface area contributed by atoms with Gasteiger partial charge in [0.2, 0.25) is 5.91 Å². The molecule has 0 radical (unpaired) electrons. The van der Waals surface area contributed by atoms with Crippen molar-refractivity contribution in [3.63, 3.8) is 0 Å². The number of carbonyl (C=O) groups is 2. The van der Waals surface area contributed by atoms with Crippen LogP contribution < -0.4 is 10.1 Å². The number of nitrogens with one attached hydrogen (secondary N) is 1. The lowest BCUT2D eigenvalue weighted by Crippen LogP contribution is -2.17. The van der Waals surface area contributed by atoms with Crippen molar-refractivity contribution in [3.8, 4) is 5.75 Å². The van der Waals surface area contributed by atoms with Gasteiger partial charge in [-0.2, -0.15) is 0 Å². The van der Waals surface area contributed by atoms with Crippen molar-refractivity contribution >= 4 is 33.3 Å². The summed E-state index contributed by atoms with van der Waals surface area (Å²) in [5.41, 5.74) is 0.625. The number of anilines is 1. The number of ether oxygens (including phenoxy) is 1. The Kier molecular flexibility index (Phi) is 5.85. The lowest BCUT2D eigenvalue weighted by Gasteiger charge is -2.11. The first kappa shape index (κ1) is 14.7. The number of rotatable bonds is 6. The van der Waals surface area contributed by atoms with E-state index >= 15 is 0 Å². The molecular weight excluding hydrogens is 298 g/mol. The average molecular weight is 314 g/mol. The number of hydrogen-bond acceptors (Lipinski definition) is 3. The van der Waals surface area contributed by atoms with Gasteiger partial charge in [-0.1, -0.05) is 22.0 Å². The molecule has 0 aliphatic rings. The van der Waals surface area contributed by atoms with Crippen LogP contribution >= 0.6 is 15.9 Å². The molecule has 98 valence electrons. The maximum absolute atomic E-state index is 11.5. The van der Waals surface area contributed by atoms with Crippen LogP contribution in [0.2, 0.25) is 0 Å². The van der Waals surface area contributed by atoms with Gasteiger partial charge in [0.15, 0.2) is 5.78 Å². The predicted molar refractivity (Wildman–Crippen MR) is 74.3 cm³/mol. The molecule has 1 N–H and O–H groups in total. The monoisotopic (exact) mass is 313 g/mol. The van der Waals surface area contributed by atoms with Gasteiger partial charge in [-0.3, -0.25) is 9.59 Å². The summed E-state index contributed by atoms with van der Waals surface area (Å²) in [7, 11) is 0. The van der Waals surface area contributed by atoms with Crippen molar-refractivity contribution in [1.29, 1.82) is 0 Å². The van der Waals surface area contributed by atoms with Crippen molar-refractivity contribution in [1.82, 2.24) is 0 Å². The second-order valence-electron chi connectivity index (χ2n) is 4.09. The summed E-state index contributed by atoms with van der Waals surface area (Å²) in [6, 6.07) is 7.10. The third kappa shape index (κ3) is 5.31. The number of hydrogen-bond donors (Lipinski definition) is 1. The van der Waals surface area contributed by atoms with E-state index in [0.717, 1.165) is 0 Å². The highest BCUT2D eigenvalue weighted by molar-refractivity contribution is 9.09. The quantitative estimate of drug-likeness (QED) is 0.649. The van der Waals surface area contributed by atoms with Crippen molar-refractivity contribution in [2.75, 3.05) is 10.6 Å². The third-order valence-corrected chi connectivity index (χ3v) is 2.62. The largest absolute Gasteiger partial charge is 0.491 e. The van der Waals surface area contributed by atoms with Crippen LogP contribution in [-0.2, 0) is 9.59 Å². The van der Waals surface area contributed by atoms with E-state index in [9.17, 15) is 9.59 Å². The Balaban J connectivity index is 2.61. The number of halogens is 1. The van der Waals surface area contributed by atoms with Gasteiger partial charge in [-0.15, -0.1) is 0 Å². The molecule has 0 spiro atoms. The standard InChI is InChI=1S/C13H16BrNO3/c1-9(2)18-12-5-3-4-10(6-12)15-13(17)7-11(16)8-14/h3-6,9H,7-8H2,1-2H3,(H,15,17). The van der Waals surface area contributed by atoms with Gasteiger partial charge in [0.25, 0.3) is 0 Å². The topological polar surface area (TPSA) is 55.4 Å². The fourth-order valence-corrected chi connectivity index (χ4v) is 1.55. The summed E-state index contributed by atoms with van der Waals surface area (Å²) in [5.74, 6) is 0.220. The Bertz CT molecular complexity index is 432. The fraction of sp³-hybridized carbons (Fsp3) is 0.385. The molecule has 0 aromatic heterocycles. The Labute approximate surface area is 115 Å². The number of Topliss-reactive ketones (excluding diaryl/α,β-unsaturated/α-hetero) is 1. The zero-order chi connectivity index (χ0) is 13.5. The van der Waals surface area contributed by atoms with E-state index < -0.39 is 0 Å². The SMILES string of the molecule is CC(C)Oc1cccc(NC(=O)CC(=O)CBr)c1. The summed E-state index contributed by atoms with van der Waals surface area (Å²) in [6.07, 6.45) is -0.0496. The van der Waals surface area contributed by atoms with E-state index in [-0.39, 0.29) is 29.5 Å². The molecule has 0 saturated heterocycles. The maximum Gasteiger partial charge on any atom is 0.231 e. The average Bonchev–Trinajstić information content (AvgIpc) is 2.28. The van der Waals surface area contributed by atoms with Gasteiger partial charge < -0.3 is 10.1 Å². The summed E-state index contributed by atoms with van der Waals surface area (Å²) >= 11 is 3.02. The minimum Gasteiger partial charge on any atom is -0.491 e. The molecule has 1 aromatic rings. The van der Waals surface area contributed by atoms with Gasteiger partial charge in [0, 0.05) is 11.8 Å². The van der Waals surface area contributed by atoms with E-state index in [0.29, 0.717) is 11.4 Å². The van der Waals surface area contributed by atoms with E-state index in [4.69, 9.17) is 4.74 Å². The van der Waals surface area contributed by atoms with E-state index in [1.54, 1.807) is 18.2 Å². The van der Waals surface area contributed by atoms with Gasteiger partial charge in [0.1, 0.15) is 5.75 Å². The van der Waals surface area contributed by atoms with Crippen molar-refractivity contribution < 1.29 is 14.3 Å². The smallest absolute Gasteiger partial charge is 0.231 e. The van der Waals surface area contributed by atoms with Crippen LogP contribution in [0.1, 0.15) is 20.3 Å². The van der Waals surface area contributed by atoms with Gasteiger partial charge >= 0.3 is 0 Å². The highest BCUT2D eigenvalue weighted by Crippen LogP contribution is 2.18. The Morgan fingerprint density at radius 1 is 1.39 bits per heavy atom. The van der Waals surface area contributed by atoms with Gasteiger partial charge in [-0.05, 0) is 26.0 Å². The first-order valence-electron chi connectivity index (χ1n) is 5.65. The predicted octanol–water partition coefficient (Wildman–Crippen LogP) is 2.77. The molecule has 0 aliphatic heterocycles. The first-order chi connectivity index (χ1) is 8.51. The molecule has 0 atom stereocenters. The maximum atomic E-state index is 11.5. The van der Waals surface area contributed by atoms with Gasteiger partial charge in [0.05, 0.1) is 17.9 Å². The Morgan fingerprint density at radius 2 is 2.11 bits per heavy atom. The van der Waals surface area contributed by atoms with Crippen LogP contribution in [0.25, 0.3) is 0 Å². The number of carbonyl (C=O) groups excluding carboxylic acids is 2. The fourth-order valence-electron chi connectivity index (χ4n) is 1.35. The lowest BCUT2D eigenvalue weighted by molar-refractivity contribution is -0.123. The molecule has 0 saturated carbocycles. The molecule has 0 aliphatic carbocycles. The molecule has 1 amide bonds. The molecule has 0 fully saturated rings. The zero-order valence-electron chi connectivity index (χ0n) is 10.4. The summed E-state index contributed by atoms with van der Waals surface area (Å²) in [5, 5.41) is 2.85. The highest BCUT2D eigenvalue weighted by atomic mass is 79.9. The Hall–Kier alpha value is -1.36. The van der Waals surface area contributed by atoms with Crippen LogP contribution in [0.4, 0.5) is 5.69 Å². The minimum atomic E-state index is -0.318.